The van der Waals surface area contributed by atoms with Gasteiger partial charge in [0, 0.05) is 73.4 Å². The number of H-pyrrole nitrogens is 2. The molecule has 0 spiro atoms. The largest absolute Gasteiger partial charge is 0.384 e. The van der Waals surface area contributed by atoms with Crippen LogP contribution in [-0.4, -0.2) is 86.1 Å². The first-order valence-electron chi connectivity index (χ1n) is 14.9. The highest BCUT2D eigenvalue weighted by atomic mass is 19.3. The van der Waals surface area contributed by atoms with Crippen LogP contribution in [0.1, 0.15) is 12.0 Å². The van der Waals surface area contributed by atoms with E-state index < -0.39 is 17.6 Å². The molecule has 4 aromatic heterocycles. The van der Waals surface area contributed by atoms with E-state index in [-0.39, 0.29) is 18.5 Å². The van der Waals surface area contributed by atoms with Gasteiger partial charge in [-0.1, -0.05) is 0 Å². The molecule has 0 unspecified atom stereocenters. The van der Waals surface area contributed by atoms with Crippen LogP contribution in [0.25, 0.3) is 55.8 Å². The number of fused-ring (bicyclic) bond motifs is 2. The van der Waals surface area contributed by atoms with Crippen LogP contribution in [0, 0.1) is 11.6 Å². The molecular formula is C33H31F4N9. The Hall–Kier alpha value is -4.88. The third-order valence-corrected chi connectivity index (χ3v) is 8.09. The van der Waals surface area contributed by atoms with Crippen LogP contribution in [0.3, 0.4) is 0 Å². The van der Waals surface area contributed by atoms with Crippen molar-refractivity contribution in [2.45, 2.75) is 18.9 Å². The first-order chi connectivity index (χ1) is 22.1. The van der Waals surface area contributed by atoms with Crippen LogP contribution < -0.4 is 5.32 Å². The molecule has 0 saturated carbocycles. The lowest BCUT2D eigenvalue weighted by Gasteiger charge is -2.15. The molecule has 0 atom stereocenters. The molecule has 1 aliphatic heterocycles. The number of rotatable bonds is 9. The fraction of sp³-hybridized carbons (Fsp3) is 0.273. The van der Waals surface area contributed by atoms with Crippen molar-refractivity contribution in [3.05, 3.63) is 78.3 Å². The second-order valence-corrected chi connectivity index (χ2v) is 12.0. The van der Waals surface area contributed by atoms with Crippen LogP contribution in [0.15, 0.2) is 61.1 Å². The van der Waals surface area contributed by atoms with Gasteiger partial charge in [-0.2, -0.15) is 5.10 Å². The number of anilines is 1. The van der Waals surface area contributed by atoms with E-state index in [0.717, 1.165) is 12.1 Å². The molecule has 3 N–H and O–H groups in total. The normalized spacial score (nSPS) is 15.0. The van der Waals surface area contributed by atoms with Crippen molar-refractivity contribution >= 4 is 27.6 Å². The number of likely N-dealkylation sites (tertiary alicyclic amines) is 1. The van der Waals surface area contributed by atoms with E-state index >= 15 is 4.39 Å². The van der Waals surface area contributed by atoms with Crippen molar-refractivity contribution in [3.8, 4) is 33.9 Å². The Labute approximate surface area is 261 Å². The average molecular weight is 630 g/mol. The van der Waals surface area contributed by atoms with E-state index in [2.05, 4.69) is 30.5 Å². The van der Waals surface area contributed by atoms with Crippen molar-refractivity contribution in [1.82, 2.24) is 39.9 Å². The topological polar surface area (TPSA) is 102 Å². The molecule has 0 bridgehead atoms. The van der Waals surface area contributed by atoms with Gasteiger partial charge in [-0.25, -0.2) is 22.5 Å². The first kappa shape index (κ1) is 29.8. The Balaban J connectivity index is 1.23. The fourth-order valence-electron chi connectivity index (χ4n) is 5.87. The van der Waals surface area contributed by atoms with E-state index in [0.29, 0.717) is 75.6 Å². The van der Waals surface area contributed by atoms with Gasteiger partial charge >= 0.3 is 0 Å². The number of hydrogen-bond acceptors (Lipinski definition) is 7. The van der Waals surface area contributed by atoms with Crippen molar-refractivity contribution < 1.29 is 17.6 Å². The molecule has 1 saturated heterocycles. The van der Waals surface area contributed by atoms with Crippen molar-refractivity contribution in [3.63, 3.8) is 0 Å². The van der Waals surface area contributed by atoms with Crippen LogP contribution in [0.4, 0.5) is 23.2 Å². The predicted octanol–water partition coefficient (Wildman–Crippen LogP) is 6.32. The molecule has 7 rings (SSSR count). The number of nitrogens with one attached hydrogen (secondary N) is 3. The molecule has 1 aliphatic rings. The van der Waals surface area contributed by atoms with Gasteiger partial charge in [-0.15, -0.1) is 0 Å². The maximum Gasteiger partial charge on any atom is 0.261 e. The summed E-state index contributed by atoms with van der Waals surface area (Å²) < 4.78 is 57.5. The number of nitrogens with zero attached hydrogens (tertiary/aromatic N) is 6. The molecule has 5 heterocycles. The number of pyridine rings is 2. The molecule has 46 heavy (non-hydrogen) atoms. The lowest BCUT2D eigenvalue weighted by Crippen LogP contribution is -2.24. The highest BCUT2D eigenvalue weighted by Gasteiger charge is 2.38. The predicted molar refractivity (Wildman–Crippen MR) is 169 cm³/mol. The summed E-state index contributed by atoms with van der Waals surface area (Å²) in [6, 6.07) is 11.5. The zero-order valence-corrected chi connectivity index (χ0v) is 25.2. The number of imidazole rings is 1. The summed E-state index contributed by atoms with van der Waals surface area (Å²) in [5.74, 6) is -3.22. The monoisotopic (exact) mass is 629 g/mol. The molecule has 0 radical (unpaired) electrons. The van der Waals surface area contributed by atoms with Gasteiger partial charge in [-0.05, 0) is 67.7 Å². The average Bonchev–Trinajstić information content (AvgIpc) is 3.73. The van der Waals surface area contributed by atoms with Gasteiger partial charge in [0.05, 0.1) is 17.8 Å². The summed E-state index contributed by atoms with van der Waals surface area (Å²) in [5, 5.41) is 10.9. The molecule has 13 heteroatoms. The lowest BCUT2D eigenvalue weighted by atomic mass is 10.0. The van der Waals surface area contributed by atoms with Gasteiger partial charge in [0.1, 0.15) is 22.5 Å². The minimum atomic E-state index is -2.69. The summed E-state index contributed by atoms with van der Waals surface area (Å²) in [6.45, 7) is 1.76. The minimum absolute atomic E-state index is 0.138. The van der Waals surface area contributed by atoms with E-state index in [1.807, 2.05) is 31.1 Å². The highest BCUT2D eigenvalue weighted by Crippen LogP contribution is 2.35. The smallest absolute Gasteiger partial charge is 0.261 e. The zero-order chi connectivity index (χ0) is 32.0. The van der Waals surface area contributed by atoms with Crippen LogP contribution in [0.2, 0.25) is 0 Å². The van der Waals surface area contributed by atoms with Gasteiger partial charge in [0.25, 0.3) is 5.92 Å². The molecule has 0 amide bonds. The van der Waals surface area contributed by atoms with E-state index in [9.17, 15) is 13.2 Å². The summed E-state index contributed by atoms with van der Waals surface area (Å²) in [4.78, 5) is 20.6. The number of aromatic nitrogens is 6. The number of benzene rings is 2. The fourth-order valence-corrected chi connectivity index (χ4v) is 5.87. The lowest BCUT2D eigenvalue weighted by molar-refractivity contribution is 0.0115. The molecule has 236 valence electrons. The standard InChI is InChI=1S/C33H31F4N9/c1-45(2)8-6-39-24-11-21(10-23(34)14-24)28-31-27(3-5-40-28)41-32(42-31)30-25-12-20(13-26(35)29(25)43-44-30)22-9-19(15-38-16-22)17-46-7-4-33(36,37)18-46/h3,5,9-16,39H,4,6-8,17-18H2,1-2H3,(H,41,42)(H,43,44). The first-order valence-corrected chi connectivity index (χ1v) is 14.9. The molecule has 1 fully saturated rings. The maximum atomic E-state index is 15.4. The highest BCUT2D eigenvalue weighted by molar-refractivity contribution is 5.98. The number of halogens is 4. The minimum Gasteiger partial charge on any atom is -0.384 e. The number of alkyl halides is 2. The summed E-state index contributed by atoms with van der Waals surface area (Å²) in [6.07, 6.45) is 4.71. The number of aromatic amines is 2. The van der Waals surface area contributed by atoms with E-state index in [1.54, 1.807) is 35.6 Å². The Kier molecular flexibility index (Phi) is 7.65. The molecular weight excluding hydrogens is 598 g/mol. The Morgan fingerprint density at radius 1 is 1.00 bits per heavy atom. The van der Waals surface area contributed by atoms with Crippen LogP contribution in [-0.2, 0) is 6.54 Å². The molecule has 2 aromatic carbocycles. The van der Waals surface area contributed by atoms with Crippen LogP contribution >= 0.6 is 0 Å². The maximum absolute atomic E-state index is 15.4. The zero-order valence-electron chi connectivity index (χ0n) is 25.2. The van der Waals surface area contributed by atoms with E-state index in [1.165, 1.54) is 18.2 Å². The van der Waals surface area contributed by atoms with Crippen LogP contribution in [0.5, 0.6) is 0 Å². The summed E-state index contributed by atoms with van der Waals surface area (Å²) in [5.41, 5.74) is 5.43. The summed E-state index contributed by atoms with van der Waals surface area (Å²) in [7, 11) is 3.93. The Morgan fingerprint density at radius 2 is 1.87 bits per heavy atom. The number of likely N-dealkylation sites (N-methyl/N-ethyl adjacent to an activating group) is 1. The quantitative estimate of drug-likeness (QED) is 0.161. The molecule has 6 aromatic rings. The van der Waals surface area contributed by atoms with E-state index in [4.69, 9.17) is 4.98 Å². The van der Waals surface area contributed by atoms with Crippen molar-refractivity contribution in [1.29, 1.82) is 0 Å². The molecule has 0 aliphatic carbocycles. The SMILES string of the molecule is CN(C)CCNc1cc(F)cc(-c2nccc3[nH]c(-c4[nH]nc5c(F)cc(-c6cncc(CN7CCC(F)(F)C7)c6)cc45)nc23)c1. The Bertz CT molecular complexity index is 2050. The second-order valence-electron chi connectivity index (χ2n) is 12.0. The third kappa shape index (κ3) is 6.03. The second kappa shape index (κ2) is 11.8. The van der Waals surface area contributed by atoms with Gasteiger partial charge in [0.2, 0.25) is 0 Å². The number of hydrogen-bond donors (Lipinski definition) is 3. The third-order valence-electron chi connectivity index (χ3n) is 8.09. The summed E-state index contributed by atoms with van der Waals surface area (Å²) >= 11 is 0. The molecule has 9 nitrogen and oxygen atoms in total. The van der Waals surface area contributed by atoms with Gasteiger partial charge in [-0.3, -0.25) is 20.0 Å². The van der Waals surface area contributed by atoms with Gasteiger partial charge in [0.15, 0.2) is 11.6 Å². The Morgan fingerprint density at radius 3 is 2.67 bits per heavy atom. The van der Waals surface area contributed by atoms with Crippen molar-refractivity contribution in [2.24, 2.45) is 0 Å². The van der Waals surface area contributed by atoms with Crippen molar-refractivity contribution in [2.75, 3.05) is 45.6 Å². The van der Waals surface area contributed by atoms with Gasteiger partial charge < -0.3 is 15.2 Å².